The minimum atomic E-state index is 0.0957. The first-order valence-corrected chi connectivity index (χ1v) is 9.88. The van der Waals surface area contributed by atoms with Gasteiger partial charge < -0.3 is 14.5 Å². The van der Waals surface area contributed by atoms with Crippen LogP contribution in [0.25, 0.3) is 0 Å². The molecule has 2 aliphatic rings. The highest BCUT2D eigenvalue weighted by molar-refractivity contribution is 6.30. The second-order valence-electron chi connectivity index (χ2n) is 7.50. The molecule has 1 amide bonds. The van der Waals surface area contributed by atoms with Gasteiger partial charge in [0.05, 0.1) is 12.6 Å². The average molecular weight is 385 g/mol. The molecule has 0 aromatic heterocycles. The van der Waals surface area contributed by atoms with Crippen LogP contribution in [0.4, 0.5) is 0 Å². The maximum atomic E-state index is 13.3. The summed E-state index contributed by atoms with van der Waals surface area (Å²) in [7, 11) is 1.75. The fourth-order valence-electron chi connectivity index (χ4n) is 4.58. The number of carbonyl (C=O) groups is 1. The highest BCUT2D eigenvalue weighted by Gasteiger charge is 2.48. The molecule has 2 fully saturated rings. The first-order valence-electron chi connectivity index (χ1n) is 9.50. The standard InChI is InChI=1S/C22H25ClN2O2/c1-27-12-11-24-13-18-14-25(22(26)17-7-9-19(23)10-8-17)21(20(18)15-24)16-5-3-2-4-6-16/h2-10,18,20-21H,11-15H2,1H3/t18-,20-,21+/m0/s1. The topological polar surface area (TPSA) is 32.8 Å². The second kappa shape index (κ2) is 8.01. The maximum Gasteiger partial charge on any atom is 0.254 e. The molecule has 2 heterocycles. The summed E-state index contributed by atoms with van der Waals surface area (Å²) in [6.07, 6.45) is 0. The molecule has 0 unspecified atom stereocenters. The Morgan fingerprint density at radius 2 is 1.81 bits per heavy atom. The monoisotopic (exact) mass is 384 g/mol. The van der Waals surface area contributed by atoms with Crippen LogP contribution in [0.3, 0.4) is 0 Å². The van der Waals surface area contributed by atoms with Gasteiger partial charge in [0.2, 0.25) is 0 Å². The number of likely N-dealkylation sites (tertiary alicyclic amines) is 2. The van der Waals surface area contributed by atoms with E-state index in [-0.39, 0.29) is 11.9 Å². The third-order valence-corrected chi connectivity index (χ3v) is 6.10. The van der Waals surface area contributed by atoms with Crippen molar-refractivity contribution in [2.24, 2.45) is 11.8 Å². The molecular formula is C22H25ClN2O2. The van der Waals surface area contributed by atoms with Crippen molar-refractivity contribution in [2.45, 2.75) is 6.04 Å². The van der Waals surface area contributed by atoms with Gasteiger partial charge in [-0.3, -0.25) is 4.79 Å². The lowest BCUT2D eigenvalue weighted by Gasteiger charge is -2.30. The van der Waals surface area contributed by atoms with Gasteiger partial charge in [0, 0.05) is 49.8 Å². The summed E-state index contributed by atoms with van der Waals surface area (Å²) in [5, 5.41) is 0.651. The number of rotatable bonds is 5. The highest BCUT2D eigenvalue weighted by Crippen LogP contribution is 2.45. The molecule has 27 heavy (non-hydrogen) atoms. The average Bonchev–Trinajstić information content (AvgIpc) is 3.24. The van der Waals surface area contributed by atoms with E-state index in [1.807, 2.05) is 18.2 Å². The summed E-state index contributed by atoms with van der Waals surface area (Å²) in [4.78, 5) is 17.8. The molecule has 2 aromatic rings. The molecule has 0 saturated carbocycles. The van der Waals surface area contributed by atoms with E-state index < -0.39 is 0 Å². The van der Waals surface area contributed by atoms with E-state index in [1.54, 1.807) is 19.2 Å². The van der Waals surface area contributed by atoms with Gasteiger partial charge in [0.15, 0.2) is 0 Å². The van der Waals surface area contributed by atoms with Crippen molar-refractivity contribution in [3.05, 3.63) is 70.7 Å². The van der Waals surface area contributed by atoms with Crippen molar-refractivity contribution >= 4 is 17.5 Å². The summed E-state index contributed by atoms with van der Waals surface area (Å²) in [6.45, 7) is 4.55. The van der Waals surface area contributed by atoms with Crippen LogP contribution in [-0.4, -0.2) is 55.6 Å². The molecule has 4 rings (SSSR count). The summed E-state index contributed by atoms with van der Waals surface area (Å²) >= 11 is 6.00. The second-order valence-corrected chi connectivity index (χ2v) is 7.93. The van der Waals surface area contributed by atoms with Crippen molar-refractivity contribution < 1.29 is 9.53 Å². The Morgan fingerprint density at radius 1 is 1.07 bits per heavy atom. The SMILES string of the molecule is COCCN1C[C@H]2CN(C(=O)c3ccc(Cl)cc3)[C@H](c3ccccc3)[C@H]2C1. The van der Waals surface area contributed by atoms with Gasteiger partial charge in [0.1, 0.15) is 0 Å². The van der Waals surface area contributed by atoms with Crippen LogP contribution >= 0.6 is 11.6 Å². The number of hydrogen-bond donors (Lipinski definition) is 0. The Kier molecular flexibility index (Phi) is 5.48. The summed E-state index contributed by atoms with van der Waals surface area (Å²) < 4.78 is 5.25. The number of nitrogens with zero attached hydrogens (tertiary/aromatic N) is 2. The summed E-state index contributed by atoms with van der Waals surface area (Å²) in [6, 6.07) is 17.8. The van der Waals surface area contributed by atoms with Crippen LogP contribution in [0, 0.1) is 11.8 Å². The van der Waals surface area contributed by atoms with Crippen LogP contribution in [0.15, 0.2) is 54.6 Å². The van der Waals surface area contributed by atoms with Crippen molar-refractivity contribution in [1.29, 1.82) is 0 Å². The molecule has 0 spiro atoms. The number of halogens is 1. The Balaban J connectivity index is 1.60. The third kappa shape index (κ3) is 3.75. The molecule has 0 bridgehead atoms. The molecular weight excluding hydrogens is 360 g/mol. The van der Waals surface area contributed by atoms with Crippen LogP contribution in [0.1, 0.15) is 22.0 Å². The molecule has 2 aliphatic heterocycles. The predicted octanol–water partition coefficient (Wildman–Crippen LogP) is 3.73. The van der Waals surface area contributed by atoms with E-state index in [4.69, 9.17) is 16.3 Å². The number of ether oxygens (including phenoxy) is 1. The first kappa shape index (κ1) is 18.5. The molecule has 142 valence electrons. The predicted molar refractivity (Wildman–Crippen MR) is 107 cm³/mol. The van der Waals surface area contributed by atoms with E-state index in [1.165, 1.54) is 5.56 Å². The van der Waals surface area contributed by atoms with E-state index in [0.717, 1.165) is 32.8 Å². The number of amides is 1. The fourth-order valence-corrected chi connectivity index (χ4v) is 4.71. The largest absolute Gasteiger partial charge is 0.383 e. The van der Waals surface area contributed by atoms with Gasteiger partial charge >= 0.3 is 0 Å². The summed E-state index contributed by atoms with van der Waals surface area (Å²) in [5.41, 5.74) is 1.93. The number of methoxy groups -OCH3 is 1. The number of benzene rings is 2. The van der Waals surface area contributed by atoms with Crippen molar-refractivity contribution in [1.82, 2.24) is 9.80 Å². The van der Waals surface area contributed by atoms with Crippen molar-refractivity contribution in [2.75, 3.05) is 39.9 Å². The van der Waals surface area contributed by atoms with Crippen molar-refractivity contribution in [3.8, 4) is 0 Å². The quantitative estimate of drug-likeness (QED) is 0.787. The minimum absolute atomic E-state index is 0.0957. The Morgan fingerprint density at radius 3 is 2.52 bits per heavy atom. The zero-order valence-corrected chi connectivity index (χ0v) is 16.3. The van der Waals surface area contributed by atoms with E-state index in [0.29, 0.717) is 22.4 Å². The number of hydrogen-bond acceptors (Lipinski definition) is 3. The van der Waals surface area contributed by atoms with Gasteiger partial charge in [-0.05, 0) is 35.7 Å². The first-order chi connectivity index (χ1) is 13.2. The van der Waals surface area contributed by atoms with Gasteiger partial charge in [0.25, 0.3) is 5.91 Å². The molecule has 5 heteroatoms. The van der Waals surface area contributed by atoms with E-state index in [9.17, 15) is 4.79 Å². The van der Waals surface area contributed by atoms with Crippen LogP contribution in [-0.2, 0) is 4.74 Å². The molecule has 2 aromatic carbocycles. The minimum Gasteiger partial charge on any atom is -0.383 e. The van der Waals surface area contributed by atoms with Gasteiger partial charge in [-0.25, -0.2) is 0 Å². The lowest BCUT2D eigenvalue weighted by molar-refractivity contribution is 0.0695. The zero-order valence-electron chi connectivity index (χ0n) is 15.6. The number of fused-ring (bicyclic) bond motifs is 1. The summed E-state index contributed by atoms with van der Waals surface area (Å²) in [5.74, 6) is 1.06. The molecule has 0 aliphatic carbocycles. The van der Waals surface area contributed by atoms with Gasteiger partial charge in [-0.1, -0.05) is 41.9 Å². The fraction of sp³-hybridized carbons (Fsp3) is 0.409. The lowest BCUT2D eigenvalue weighted by Crippen LogP contribution is -2.36. The molecule has 2 saturated heterocycles. The van der Waals surface area contributed by atoms with Crippen molar-refractivity contribution in [3.63, 3.8) is 0 Å². The van der Waals surface area contributed by atoms with Crippen LogP contribution in [0.5, 0.6) is 0 Å². The number of carbonyl (C=O) groups excluding carboxylic acids is 1. The molecule has 0 N–H and O–H groups in total. The van der Waals surface area contributed by atoms with Gasteiger partial charge in [-0.2, -0.15) is 0 Å². The lowest BCUT2D eigenvalue weighted by atomic mass is 9.89. The zero-order chi connectivity index (χ0) is 18.8. The molecule has 0 radical (unpaired) electrons. The Labute approximate surface area is 165 Å². The highest BCUT2D eigenvalue weighted by atomic mass is 35.5. The normalized spacial score (nSPS) is 25.0. The third-order valence-electron chi connectivity index (χ3n) is 5.84. The Bertz CT molecular complexity index is 781. The van der Waals surface area contributed by atoms with E-state index >= 15 is 0 Å². The molecule has 3 atom stereocenters. The van der Waals surface area contributed by atoms with Gasteiger partial charge in [-0.15, -0.1) is 0 Å². The maximum absolute atomic E-state index is 13.3. The molecule has 4 nitrogen and oxygen atoms in total. The smallest absolute Gasteiger partial charge is 0.254 e. The van der Waals surface area contributed by atoms with E-state index in [2.05, 4.69) is 34.1 Å². The van der Waals surface area contributed by atoms with Crippen LogP contribution in [0.2, 0.25) is 5.02 Å². The van der Waals surface area contributed by atoms with Crippen LogP contribution < -0.4 is 0 Å². The Hall–Kier alpha value is -1.88.